The van der Waals surface area contributed by atoms with Gasteiger partial charge in [-0.15, -0.1) is 0 Å². The minimum atomic E-state index is -0.636. The average molecular weight is 417 g/mol. The highest BCUT2D eigenvalue weighted by Crippen LogP contribution is 2.21. The predicted octanol–water partition coefficient (Wildman–Crippen LogP) is 4.30. The van der Waals surface area contributed by atoms with Crippen LogP contribution in [-0.2, 0) is 20.7 Å². The zero-order valence-corrected chi connectivity index (χ0v) is 19.4. The smallest absolute Gasteiger partial charge is 0.330 e. The highest BCUT2D eigenvalue weighted by Gasteiger charge is 2.35. The fraction of sp³-hybridized carbons (Fsp3) is 0.680. The van der Waals surface area contributed by atoms with Crippen LogP contribution in [0.1, 0.15) is 77.3 Å². The van der Waals surface area contributed by atoms with Crippen LogP contribution in [0.25, 0.3) is 0 Å². The van der Waals surface area contributed by atoms with E-state index in [-0.39, 0.29) is 23.8 Å². The third kappa shape index (κ3) is 6.83. The SMILES string of the molecule is CCOC(=O)C(NC(=O)C(C)c1ccc(CC(C)C)cc1)C(CC)N1CCCCC1. The van der Waals surface area contributed by atoms with Gasteiger partial charge in [0.25, 0.3) is 0 Å². The molecule has 0 radical (unpaired) electrons. The van der Waals surface area contributed by atoms with Crippen LogP contribution in [0.15, 0.2) is 24.3 Å². The lowest BCUT2D eigenvalue weighted by atomic mass is 9.95. The van der Waals surface area contributed by atoms with E-state index in [1.165, 1.54) is 12.0 Å². The van der Waals surface area contributed by atoms with E-state index in [1.54, 1.807) is 6.92 Å². The van der Waals surface area contributed by atoms with Crippen LogP contribution in [-0.4, -0.2) is 48.6 Å². The minimum absolute atomic E-state index is 0.0334. The van der Waals surface area contributed by atoms with Gasteiger partial charge >= 0.3 is 5.97 Å². The van der Waals surface area contributed by atoms with Gasteiger partial charge in [-0.1, -0.05) is 51.5 Å². The molecule has 168 valence electrons. The summed E-state index contributed by atoms with van der Waals surface area (Å²) in [6, 6.07) is 7.60. The summed E-state index contributed by atoms with van der Waals surface area (Å²) in [7, 11) is 0. The van der Waals surface area contributed by atoms with Gasteiger partial charge in [-0.3, -0.25) is 9.69 Å². The van der Waals surface area contributed by atoms with Crippen molar-refractivity contribution in [1.29, 1.82) is 0 Å². The van der Waals surface area contributed by atoms with Gasteiger partial charge in [0.1, 0.15) is 6.04 Å². The first-order valence-corrected chi connectivity index (χ1v) is 11.7. The van der Waals surface area contributed by atoms with Gasteiger partial charge in [0.05, 0.1) is 12.5 Å². The second-order valence-electron chi connectivity index (χ2n) is 8.87. The van der Waals surface area contributed by atoms with Crippen LogP contribution in [0.2, 0.25) is 0 Å². The standard InChI is InChI=1S/C25H40N2O3/c1-6-22(27-15-9-8-10-16-27)23(25(29)30-7-2)26-24(28)19(5)21-13-11-20(12-14-21)17-18(3)4/h11-14,18-19,22-23H,6-10,15-17H2,1-5H3,(H,26,28). The average Bonchev–Trinajstić information content (AvgIpc) is 2.74. The zero-order chi connectivity index (χ0) is 22.1. The predicted molar refractivity (Wildman–Crippen MR) is 121 cm³/mol. The Bertz CT molecular complexity index is 665. The first-order chi connectivity index (χ1) is 14.4. The fourth-order valence-corrected chi connectivity index (χ4v) is 4.34. The van der Waals surface area contributed by atoms with Crippen LogP contribution in [0, 0.1) is 5.92 Å². The number of ether oxygens (including phenoxy) is 1. The Morgan fingerprint density at radius 3 is 2.20 bits per heavy atom. The quantitative estimate of drug-likeness (QED) is 0.578. The van der Waals surface area contributed by atoms with Gasteiger partial charge in [0, 0.05) is 6.04 Å². The maximum absolute atomic E-state index is 13.1. The van der Waals surface area contributed by atoms with E-state index in [9.17, 15) is 9.59 Å². The molecule has 1 fully saturated rings. The molecule has 1 heterocycles. The molecule has 1 saturated heterocycles. The van der Waals surface area contributed by atoms with Crippen molar-refractivity contribution in [1.82, 2.24) is 10.2 Å². The van der Waals surface area contributed by atoms with Crippen molar-refractivity contribution in [3.63, 3.8) is 0 Å². The Morgan fingerprint density at radius 1 is 1.03 bits per heavy atom. The lowest BCUT2D eigenvalue weighted by Gasteiger charge is -2.38. The molecule has 1 N–H and O–H groups in total. The fourth-order valence-electron chi connectivity index (χ4n) is 4.34. The third-order valence-corrected chi connectivity index (χ3v) is 6.02. The number of carbonyl (C=O) groups excluding carboxylic acids is 2. The summed E-state index contributed by atoms with van der Waals surface area (Å²) in [6.07, 6.45) is 5.33. The second-order valence-corrected chi connectivity index (χ2v) is 8.87. The summed E-state index contributed by atoms with van der Waals surface area (Å²) in [5.41, 5.74) is 2.25. The lowest BCUT2D eigenvalue weighted by molar-refractivity contribution is -0.150. The number of nitrogens with zero attached hydrogens (tertiary/aromatic N) is 1. The van der Waals surface area contributed by atoms with Crippen molar-refractivity contribution in [3.05, 3.63) is 35.4 Å². The second kappa shape index (κ2) is 12.1. The number of nitrogens with one attached hydrogen (secondary N) is 1. The molecule has 2 rings (SSSR count). The van der Waals surface area contributed by atoms with E-state index >= 15 is 0 Å². The molecule has 1 aliphatic rings. The Hall–Kier alpha value is -1.88. The molecule has 0 saturated carbocycles. The molecule has 1 aliphatic heterocycles. The number of esters is 1. The molecule has 1 aromatic carbocycles. The van der Waals surface area contributed by atoms with Crippen LogP contribution in [0.4, 0.5) is 0 Å². The molecule has 1 aromatic rings. The number of rotatable bonds is 10. The molecule has 30 heavy (non-hydrogen) atoms. The Morgan fingerprint density at radius 2 is 1.67 bits per heavy atom. The van der Waals surface area contributed by atoms with E-state index in [2.05, 4.69) is 43.1 Å². The summed E-state index contributed by atoms with van der Waals surface area (Å²) in [5, 5.41) is 3.04. The first kappa shape index (κ1) is 24.4. The molecule has 0 bridgehead atoms. The number of benzene rings is 1. The normalized spacial score (nSPS) is 17.9. The van der Waals surface area contributed by atoms with E-state index < -0.39 is 6.04 Å². The Labute approximate surface area is 182 Å². The number of likely N-dealkylation sites (tertiary alicyclic amines) is 1. The van der Waals surface area contributed by atoms with Crippen molar-refractivity contribution in [2.75, 3.05) is 19.7 Å². The zero-order valence-electron chi connectivity index (χ0n) is 19.4. The van der Waals surface area contributed by atoms with Crippen molar-refractivity contribution >= 4 is 11.9 Å². The highest BCUT2D eigenvalue weighted by atomic mass is 16.5. The minimum Gasteiger partial charge on any atom is -0.464 e. The van der Waals surface area contributed by atoms with Crippen molar-refractivity contribution in [2.45, 2.75) is 84.7 Å². The van der Waals surface area contributed by atoms with Gasteiger partial charge < -0.3 is 10.1 Å². The molecular formula is C25H40N2O3. The lowest BCUT2D eigenvalue weighted by Crippen LogP contribution is -2.57. The Kier molecular flexibility index (Phi) is 9.83. The Balaban J connectivity index is 2.12. The maximum Gasteiger partial charge on any atom is 0.330 e. The summed E-state index contributed by atoms with van der Waals surface area (Å²) in [5.74, 6) is -0.181. The molecule has 3 atom stereocenters. The number of piperidine rings is 1. The van der Waals surface area contributed by atoms with Gasteiger partial charge in [-0.2, -0.15) is 0 Å². The van der Waals surface area contributed by atoms with E-state index in [4.69, 9.17) is 4.74 Å². The summed E-state index contributed by atoms with van der Waals surface area (Å²) < 4.78 is 5.34. The molecule has 0 aromatic heterocycles. The molecule has 0 spiro atoms. The first-order valence-electron chi connectivity index (χ1n) is 11.7. The number of amides is 1. The molecule has 0 aliphatic carbocycles. The number of hydrogen-bond donors (Lipinski definition) is 1. The van der Waals surface area contributed by atoms with E-state index in [0.29, 0.717) is 12.5 Å². The summed E-state index contributed by atoms with van der Waals surface area (Å²) >= 11 is 0. The molecule has 5 nitrogen and oxygen atoms in total. The van der Waals surface area contributed by atoms with E-state index in [1.807, 2.05) is 19.1 Å². The molecule has 3 unspecified atom stereocenters. The maximum atomic E-state index is 13.1. The van der Waals surface area contributed by atoms with Gasteiger partial charge in [0.15, 0.2) is 0 Å². The molecule has 5 heteroatoms. The molecule has 1 amide bonds. The molecular weight excluding hydrogens is 376 g/mol. The number of hydrogen-bond acceptors (Lipinski definition) is 4. The van der Waals surface area contributed by atoms with Crippen LogP contribution in [0.3, 0.4) is 0 Å². The van der Waals surface area contributed by atoms with E-state index in [0.717, 1.165) is 44.3 Å². The monoisotopic (exact) mass is 416 g/mol. The van der Waals surface area contributed by atoms with Crippen LogP contribution in [0.5, 0.6) is 0 Å². The largest absolute Gasteiger partial charge is 0.464 e. The summed E-state index contributed by atoms with van der Waals surface area (Å²) in [6.45, 7) is 12.4. The van der Waals surface area contributed by atoms with Gasteiger partial charge in [0.2, 0.25) is 5.91 Å². The summed E-state index contributed by atoms with van der Waals surface area (Å²) in [4.78, 5) is 28.2. The van der Waals surface area contributed by atoms with Gasteiger partial charge in [-0.05, 0) is 69.7 Å². The number of carbonyl (C=O) groups is 2. The highest BCUT2D eigenvalue weighted by molar-refractivity contribution is 5.88. The van der Waals surface area contributed by atoms with Crippen molar-refractivity contribution in [2.24, 2.45) is 5.92 Å². The topological polar surface area (TPSA) is 58.6 Å². The van der Waals surface area contributed by atoms with Crippen molar-refractivity contribution < 1.29 is 14.3 Å². The van der Waals surface area contributed by atoms with Crippen LogP contribution >= 0.6 is 0 Å². The third-order valence-electron chi connectivity index (χ3n) is 6.02. The van der Waals surface area contributed by atoms with Crippen molar-refractivity contribution in [3.8, 4) is 0 Å². The van der Waals surface area contributed by atoms with Crippen LogP contribution < -0.4 is 5.32 Å². The van der Waals surface area contributed by atoms with Gasteiger partial charge in [-0.25, -0.2) is 4.79 Å².